The van der Waals surface area contributed by atoms with Crippen molar-refractivity contribution in [2.75, 3.05) is 20.0 Å². The van der Waals surface area contributed by atoms with Crippen LogP contribution in [0.25, 0.3) is 0 Å². The van der Waals surface area contributed by atoms with Crippen molar-refractivity contribution < 1.29 is 40.5 Å². The van der Waals surface area contributed by atoms with Gasteiger partial charge in [-0.1, -0.05) is 0 Å². The van der Waals surface area contributed by atoms with Crippen LogP contribution >= 0.6 is 0 Å². The molecule has 1 aromatic carbocycles. The molecule has 0 aliphatic heterocycles. The number of ether oxygens (including phenoxy) is 2. The lowest BCUT2D eigenvalue weighted by Gasteiger charge is -2.17. The minimum Gasteiger partial charge on any atom is -0.502 e. The van der Waals surface area contributed by atoms with Crippen LogP contribution in [-0.4, -0.2) is 51.0 Å². The van der Waals surface area contributed by atoms with Crippen molar-refractivity contribution in [3.05, 3.63) is 17.7 Å². The Labute approximate surface area is 128 Å². The van der Waals surface area contributed by atoms with Crippen LogP contribution in [0.4, 0.5) is 0 Å². The minimum atomic E-state index is -4.67. The van der Waals surface area contributed by atoms with Gasteiger partial charge in [0, 0.05) is 0 Å². The molecule has 1 aromatic rings. The summed E-state index contributed by atoms with van der Waals surface area (Å²) in [6.07, 6.45) is -0.589. The molecular weight excluding hydrogens is 340 g/mol. The summed E-state index contributed by atoms with van der Waals surface area (Å²) in [6, 6.07) is 2.25. The third kappa shape index (κ3) is 4.73. The molecule has 0 heterocycles. The van der Waals surface area contributed by atoms with Gasteiger partial charge in [-0.15, -0.1) is 0 Å². The summed E-state index contributed by atoms with van der Waals surface area (Å²) >= 11 is 0. The molecule has 126 valence electrons. The predicted molar refractivity (Wildman–Crippen MR) is 76.5 cm³/mol. The number of methoxy groups -OCH3 is 2. The summed E-state index contributed by atoms with van der Waals surface area (Å²) in [5, 5.41) is 8.12. The minimum absolute atomic E-state index is 0.0577. The first-order valence-electron chi connectivity index (χ1n) is 5.86. The Kier molecular flexibility index (Phi) is 5.62. The van der Waals surface area contributed by atoms with E-state index in [4.69, 9.17) is 14.0 Å². The number of hydrogen-bond donors (Lipinski definition) is 3. The van der Waals surface area contributed by atoms with E-state index in [0.29, 0.717) is 0 Å². The van der Waals surface area contributed by atoms with E-state index in [2.05, 4.69) is 0 Å². The van der Waals surface area contributed by atoms with E-state index in [1.54, 1.807) is 0 Å². The van der Waals surface area contributed by atoms with Gasteiger partial charge in [-0.25, -0.2) is 0 Å². The van der Waals surface area contributed by atoms with Crippen LogP contribution in [0.1, 0.15) is 17.2 Å². The quantitative estimate of drug-likeness (QED) is 0.598. The van der Waals surface area contributed by atoms with Crippen molar-refractivity contribution in [2.24, 2.45) is 0 Å². The van der Waals surface area contributed by atoms with Crippen molar-refractivity contribution in [3.8, 4) is 17.2 Å². The zero-order chi connectivity index (χ0) is 17.1. The van der Waals surface area contributed by atoms with Crippen molar-refractivity contribution >= 4 is 20.2 Å². The van der Waals surface area contributed by atoms with E-state index in [0.717, 1.165) is 12.1 Å². The first-order chi connectivity index (χ1) is 9.99. The average Bonchev–Trinajstić information content (AvgIpc) is 2.37. The zero-order valence-electron chi connectivity index (χ0n) is 11.8. The Morgan fingerprint density at radius 2 is 1.50 bits per heavy atom. The van der Waals surface area contributed by atoms with E-state index in [9.17, 15) is 26.5 Å². The summed E-state index contributed by atoms with van der Waals surface area (Å²) < 4.78 is 72.2. The molecule has 0 aromatic heterocycles. The standard InChI is InChI=1S/C11H16O9S2/c1-19-8-5-7(6-9(20-2)11(8)12)10(22(16,17)18)3-4-21(13,14)15/h5-6,10,12H,3-4H2,1-2H3,(H,13,14,15)(H,16,17,18). The van der Waals surface area contributed by atoms with Crippen molar-refractivity contribution in [1.29, 1.82) is 0 Å². The van der Waals surface area contributed by atoms with Gasteiger partial charge >= 0.3 is 0 Å². The number of aromatic hydroxyl groups is 1. The molecule has 3 N–H and O–H groups in total. The van der Waals surface area contributed by atoms with Gasteiger partial charge in [0.05, 0.1) is 20.0 Å². The maximum absolute atomic E-state index is 11.5. The van der Waals surface area contributed by atoms with Crippen LogP contribution < -0.4 is 9.47 Å². The molecule has 0 aliphatic carbocycles. The molecule has 1 unspecified atom stereocenters. The largest absolute Gasteiger partial charge is 0.502 e. The summed E-state index contributed by atoms with van der Waals surface area (Å²) in [5.41, 5.74) is -0.0577. The zero-order valence-corrected chi connectivity index (χ0v) is 13.4. The molecule has 1 rings (SSSR count). The molecule has 11 heteroatoms. The second-order valence-electron chi connectivity index (χ2n) is 4.35. The molecule has 0 aliphatic rings. The molecule has 1 atom stereocenters. The average molecular weight is 356 g/mol. The maximum Gasteiger partial charge on any atom is 0.272 e. The number of hydrogen-bond acceptors (Lipinski definition) is 7. The van der Waals surface area contributed by atoms with Gasteiger partial charge in [0.15, 0.2) is 11.5 Å². The Morgan fingerprint density at radius 3 is 1.82 bits per heavy atom. The fourth-order valence-corrected chi connectivity index (χ4v) is 3.42. The monoisotopic (exact) mass is 356 g/mol. The molecule has 0 amide bonds. The molecule has 0 saturated heterocycles. The fraction of sp³-hybridized carbons (Fsp3) is 0.455. The topological polar surface area (TPSA) is 147 Å². The summed E-state index contributed by atoms with van der Waals surface area (Å²) in [4.78, 5) is 0. The highest BCUT2D eigenvalue weighted by atomic mass is 32.2. The van der Waals surface area contributed by atoms with E-state index < -0.39 is 37.7 Å². The number of rotatable bonds is 7. The molecule has 9 nitrogen and oxygen atoms in total. The summed E-state index contributed by atoms with van der Waals surface area (Å²) in [5.74, 6) is -1.48. The van der Waals surface area contributed by atoms with Crippen LogP contribution in [-0.2, 0) is 20.2 Å². The molecule has 0 spiro atoms. The van der Waals surface area contributed by atoms with Crippen LogP contribution in [0.15, 0.2) is 12.1 Å². The lowest BCUT2D eigenvalue weighted by atomic mass is 10.1. The SMILES string of the molecule is COc1cc(C(CCS(=O)(=O)O)S(=O)(=O)O)cc(OC)c1O. The lowest BCUT2D eigenvalue weighted by Crippen LogP contribution is -2.17. The van der Waals surface area contributed by atoms with Gasteiger partial charge in [-0.3, -0.25) is 9.11 Å². The summed E-state index contributed by atoms with van der Waals surface area (Å²) in [7, 11) is -6.64. The van der Waals surface area contributed by atoms with Gasteiger partial charge in [0.1, 0.15) is 5.25 Å². The van der Waals surface area contributed by atoms with Gasteiger partial charge in [0.2, 0.25) is 5.75 Å². The second kappa shape index (κ2) is 6.69. The Hall–Kier alpha value is -1.56. The van der Waals surface area contributed by atoms with E-state index in [1.165, 1.54) is 14.2 Å². The van der Waals surface area contributed by atoms with E-state index in [-0.39, 0.29) is 22.8 Å². The van der Waals surface area contributed by atoms with Crippen LogP contribution in [0.5, 0.6) is 17.2 Å². The molecule has 0 fully saturated rings. The molecule has 22 heavy (non-hydrogen) atoms. The van der Waals surface area contributed by atoms with Gasteiger partial charge in [-0.05, 0) is 24.1 Å². The van der Waals surface area contributed by atoms with E-state index >= 15 is 0 Å². The highest BCUT2D eigenvalue weighted by Crippen LogP contribution is 2.40. The third-order valence-electron chi connectivity index (χ3n) is 2.87. The molecule has 0 saturated carbocycles. The number of phenols is 1. The first-order valence-corrected chi connectivity index (χ1v) is 8.97. The molecule has 0 bridgehead atoms. The van der Waals surface area contributed by atoms with Crippen LogP contribution in [0, 0.1) is 0 Å². The maximum atomic E-state index is 11.5. The number of phenolic OH excluding ortho intramolecular Hbond substituents is 1. The van der Waals surface area contributed by atoms with Gasteiger partial charge in [-0.2, -0.15) is 16.8 Å². The van der Waals surface area contributed by atoms with Crippen molar-refractivity contribution in [2.45, 2.75) is 11.7 Å². The first kappa shape index (κ1) is 18.5. The van der Waals surface area contributed by atoms with E-state index in [1.807, 2.05) is 0 Å². The van der Waals surface area contributed by atoms with Gasteiger partial charge in [0.25, 0.3) is 20.2 Å². The Balaban J connectivity index is 3.37. The van der Waals surface area contributed by atoms with Gasteiger partial charge < -0.3 is 14.6 Å². The fourth-order valence-electron chi connectivity index (χ4n) is 1.84. The Bertz CT molecular complexity index is 712. The van der Waals surface area contributed by atoms with Crippen molar-refractivity contribution in [3.63, 3.8) is 0 Å². The highest BCUT2D eigenvalue weighted by molar-refractivity contribution is 7.86. The highest BCUT2D eigenvalue weighted by Gasteiger charge is 2.29. The third-order valence-corrected chi connectivity index (χ3v) is 4.85. The number of benzene rings is 1. The van der Waals surface area contributed by atoms with Crippen LogP contribution in [0.2, 0.25) is 0 Å². The smallest absolute Gasteiger partial charge is 0.272 e. The van der Waals surface area contributed by atoms with Crippen molar-refractivity contribution in [1.82, 2.24) is 0 Å². The van der Waals surface area contributed by atoms with Crippen LogP contribution in [0.3, 0.4) is 0 Å². The molecule has 0 radical (unpaired) electrons. The summed E-state index contributed by atoms with van der Waals surface area (Å²) in [6.45, 7) is 0. The lowest BCUT2D eigenvalue weighted by molar-refractivity contribution is 0.339. The normalized spacial score (nSPS) is 13.6. The Morgan fingerprint density at radius 1 is 1.05 bits per heavy atom. The predicted octanol–water partition coefficient (Wildman–Crippen LogP) is 0.616. The second-order valence-corrected chi connectivity index (χ2v) is 7.52. The molecular formula is C11H16O9S2.